The fourth-order valence-electron chi connectivity index (χ4n) is 1.50. The van der Waals surface area contributed by atoms with Crippen LogP contribution in [0.2, 0.25) is 0 Å². The molecule has 5 nitrogen and oxygen atoms in total. The number of anilines is 1. The van der Waals surface area contributed by atoms with Gasteiger partial charge in [-0.1, -0.05) is 13.3 Å². The number of nitrogen functional groups attached to an aromatic ring is 1. The van der Waals surface area contributed by atoms with Crippen LogP contribution in [0.25, 0.3) is 10.2 Å². The Labute approximate surface area is 110 Å². The van der Waals surface area contributed by atoms with Crippen molar-refractivity contribution in [1.82, 2.24) is 9.97 Å². The Morgan fingerprint density at radius 1 is 1.28 bits per heavy atom. The molecule has 2 N–H and O–H groups in total. The van der Waals surface area contributed by atoms with Gasteiger partial charge >= 0.3 is 0 Å². The van der Waals surface area contributed by atoms with E-state index < -0.39 is 0 Å². The number of unbranched alkanes of at least 4 members (excludes halogenated alkanes) is 1. The third-order valence-electron chi connectivity index (χ3n) is 2.42. The van der Waals surface area contributed by atoms with Crippen molar-refractivity contribution in [1.29, 1.82) is 0 Å². The molecule has 2 aromatic rings. The maximum atomic E-state index is 5.63. The normalized spacial score (nSPS) is 10.9. The van der Waals surface area contributed by atoms with E-state index in [1.807, 2.05) is 11.4 Å². The second-order valence-electron chi connectivity index (χ2n) is 3.84. The lowest BCUT2D eigenvalue weighted by Gasteiger charge is -2.07. The number of thiophene rings is 1. The molecule has 0 saturated heterocycles. The molecule has 0 bridgehead atoms. The first kappa shape index (κ1) is 13.0. The molecule has 18 heavy (non-hydrogen) atoms. The molecule has 2 rings (SSSR count). The van der Waals surface area contributed by atoms with Crippen molar-refractivity contribution in [3.8, 4) is 5.88 Å². The fourth-order valence-corrected chi connectivity index (χ4v) is 2.26. The van der Waals surface area contributed by atoms with Crippen LogP contribution in [0.15, 0.2) is 11.4 Å². The second kappa shape index (κ2) is 6.51. The maximum Gasteiger partial charge on any atom is 0.227 e. The van der Waals surface area contributed by atoms with Gasteiger partial charge in [-0.3, -0.25) is 0 Å². The van der Waals surface area contributed by atoms with Crippen molar-refractivity contribution >= 4 is 27.5 Å². The minimum atomic E-state index is 0.242. The van der Waals surface area contributed by atoms with Gasteiger partial charge in [0, 0.05) is 6.61 Å². The highest BCUT2D eigenvalue weighted by molar-refractivity contribution is 7.16. The van der Waals surface area contributed by atoms with E-state index in [-0.39, 0.29) is 5.95 Å². The molecule has 0 aromatic carbocycles. The van der Waals surface area contributed by atoms with E-state index in [0.29, 0.717) is 19.1 Å². The summed E-state index contributed by atoms with van der Waals surface area (Å²) in [6.45, 7) is 3.96. The maximum absolute atomic E-state index is 5.63. The average molecular weight is 267 g/mol. The lowest BCUT2D eigenvalue weighted by Crippen LogP contribution is -2.09. The zero-order valence-corrected chi connectivity index (χ0v) is 11.2. The van der Waals surface area contributed by atoms with Gasteiger partial charge in [-0.2, -0.15) is 4.98 Å². The monoisotopic (exact) mass is 267 g/mol. The van der Waals surface area contributed by atoms with Crippen LogP contribution in [0, 0.1) is 0 Å². The third kappa shape index (κ3) is 3.30. The average Bonchev–Trinajstić information content (AvgIpc) is 2.81. The number of rotatable bonds is 7. The van der Waals surface area contributed by atoms with Crippen molar-refractivity contribution in [2.45, 2.75) is 19.8 Å². The van der Waals surface area contributed by atoms with E-state index in [0.717, 1.165) is 29.7 Å². The summed E-state index contributed by atoms with van der Waals surface area (Å²) in [6, 6.07) is 1.94. The largest absolute Gasteiger partial charge is 0.475 e. The van der Waals surface area contributed by atoms with E-state index in [1.54, 1.807) is 0 Å². The molecule has 98 valence electrons. The number of nitrogens with zero attached hydrogens (tertiary/aromatic N) is 2. The Kier molecular flexibility index (Phi) is 4.72. The fraction of sp³-hybridized carbons (Fsp3) is 0.500. The summed E-state index contributed by atoms with van der Waals surface area (Å²) in [7, 11) is 0. The van der Waals surface area contributed by atoms with Crippen LogP contribution in [-0.2, 0) is 4.74 Å². The van der Waals surface area contributed by atoms with Gasteiger partial charge in [0.1, 0.15) is 11.4 Å². The van der Waals surface area contributed by atoms with Gasteiger partial charge in [0.2, 0.25) is 11.8 Å². The molecule has 0 aliphatic carbocycles. The quantitative estimate of drug-likeness (QED) is 0.780. The van der Waals surface area contributed by atoms with Gasteiger partial charge in [0.15, 0.2) is 0 Å². The molecular weight excluding hydrogens is 250 g/mol. The number of aromatic nitrogens is 2. The van der Waals surface area contributed by atoms with Crippen LogP contribution in [0.4, 0.5) is 5.95 Å². The molecule has 0 amide bonds. The van der Waals surface area contributed by atoms with Crippen molar-refractivity contribution < 1.29 is 9.47 Å². The van der Waals surface area contributed by atoms with Crippen molar-refractivity contribution in [2.75, 3.05) is 25.6 Å². The lowest BCUT2D eigenvalue weighted by molar-refractivity contribution is 0.0971. The van der Waals surface area contributed by atoms with E-state index >= 15 is 0 Å². The molecular formula is C12H17N3O2S. The predicted octanol–water partition coefficient (Wildman–Crippen LogP) is 2.47. The second-order valence-corrected chi connectivity index (χ2v) is 4.74. The number of nitrogens with two attached hydrogens (primary N) is 1. The van der Waals surface area contributed by atoms with Crippen LogP contribution >= 0.6 is 11.3 Å². The number of hydrogen-bond acceptors (Lipinski definition) is 6. The first-order chi connectivity index (χ1) is 8.81. The molecule has 2 heterocycles. The third-order valence-corrected chi connectivity index (χ3v) is 3.22. The molecule has 0 fully saturated rings. The SMILES string of the molecule is CCCCOCCOc1nc(N)nc2sccc12. The molecule has 0 spiro atoms. The molecule has 0 radical (unpaired) electrons. The van der Waals surface area contributed by atoms with Gasteiger partial charge in [0.25, 0.3) is 0 Å². The van der Waals surface area contributed by atoms with Gasteiger partial charge < -0.3 is 15.2 Å². The molecule has 0 unspecified atom stereocenters. The van der Waals surface area contributed by atoms with Crippen molar-refractivity contribution in [2.24, 2.45) is 0 Å². The predicted molar refractivity (Wildman–Crippen MR) is 73.0 cm³/mol. The summed E-state index contributed by atoms with van der Waals surface area (Å²) in [4.78, 5) is 9.09. The lowest BCUT2D eigenvalue weighted by atomic mass is 10.4. The van der Waals surface area contributed by atoms with Crippen LogP contribution in [0.5, 0.6) is 5.88 Å². The van der Waals surface area contributed by atoms with Crippen LogP contribution in [0.3, 0.4) is 0 Å². The Hall–Kier alpha value is -1.40. The molecule has 0 aliphatic rings. The summed E-state index contributed by atoms with van der Waals surface area (Å²) >= 11 is 1.52. The van der Waals surface area contributed by atoms with Crippen molar-refractivity contribution in [3.63, 3.8) is 0 Å². The highest BCUT2D eigenvalue weighted by Gasteiger charge is 2.08. The van der Waals surface area contributed by atoms with Crippen molar-refractivity contribution in [3.05, 3.63) is 11.4 Å². The van der Waals surface area contributed by atoms with Gasteiger partial charge in [-0.05, 0) is 17.9 Å². The summed E-state index contributed by atoms with van der Waals surface area (Å²) in [5, 5.41) is 2.85. The molecule has 0 atom stereocenters. The van der Waals surface area contributed by atoms with E-state index in [2.05, 4.69) is 16.9 Å². The zero-order valence-electron chi connectivity index (χ0n) is 10.4. The topological polar surface area (TPSA) is 70.3 Å². The minimum absolute atomic E-state index is 0.242. The van der Waals surface area contributed by atoms with E-state index in [4.69, 9.17) is 15.2 Å². The number of ether oxygens (including phenoxy) is 2. The Morgan fingerprint density at radius 2 is 2.17 bits per heavy atom. The molecule has 0 aliphatic heterocycles. The molecule has 6 heteroatoms. The molecule has 0 saturated carbocycles. The van der Waals surface area contributed by atoms with E-state index in [1.165, 1.54) is 11.3 Å². The first-order valence-electron chi connectivity index (χ1n) is 6.02. The smallest absolute Gasteiger partial charge is 0.227 e. The van der Waals surface area contributed by atoms with E-state index in [9.17, 15) is 0 Å². The number of fused-ring (bicyclic) bond motifs is 1. The highest BCUT2D eigenvalue weighted by atomic mass is 32.1. The standard InChI is InChI=1S/C12H17N3O2S/c1-2-3-5-16-6-7-17-10-9-4-8-18-11(9)15-12(13)14-10/h4,8H,2-3,5-7H2,1H3,(H2,13,14,15). The first-order valence-corrected chi connectivity index (χ1v) is 6.90. The Morgan fingerprint density at radius 3 is 3.00 bits per heavy atom. The summed E-state index contributed by atoms with van der Waals surface area (Å²) in [5.74, 6) is 0.782. The van der Waals surface area contributed by atoms with Gasteiger partial charge in [-0.25, -0.2) is 4.98 Å². The van der Waals surface area contributed by atoms with Gasteiger partial charge in [0.05, 0.1) is 12.0 Å². The minimum Gasteiger partial charge on any atom is -0.475 e. The van der Waals surface area contributed by atoms with Crippen LogP contribution < -0.4 is 10.5 Å². The Balaban J connectivity index is 1.89. The summed E-state index contributed by atoms with van der Waals surface area (Å²) < 4.78 is 11.0. The zero-order chi connectivity index (χ0) is 12.8. The van der Waals surface area contributed by atoms with Crippen LogP contribution in [-0.4, -0.2) is 29.8 Å². The number of hydrogen-bond donors (Lipinski definition) is 1. The van der Waals surface area contributed by atoms with Gasteiger partial charge in [-0.15, -0.1) is 11.3 Å². The van der Waals surface area contributed by atoms with Crippen LogP contribution in [0.1, 0.15) is 19.8 Å². The molecule has 2 aromatic heterocycles. The summed E-state index contributed by atoms with van der Waals surface area (Å²) in [6.07, 6.45) is 2.22. The Bertz CT molecular complexity index is 501. The summed E-state index contributed by atoms with van der Waals surface area (Å²) in [5.41, 5.74) is 5.63. The highest BCUT2D eigenvalue weighted by Crippen LogP contribution is 2.27.